The molecule has 0 unspecified atom stereocenters. The molecule has 1 N–H and O–H groups in total. The number of unbranched alkanes of at least 4 members (excludes halogenated alkanes) is 5. The summed E-state index contributed by atoms with van der Waals surface area (Å²) in [6.45, 7) is 8.57. The topological polar surface area (TPSA) is 77.2 Å². The van der Waals surface area contributed by atoms with Crippen LogP contribution in [0.3, 0.4) is 0 Å². The number of phenolic OH excluding ortho intramolecular Hbond substituents is 1. The normalized spacial score (nSPS) is 11.7. The lowest BCUT2D eigenvalue weighted by atomic mass is 9.85. The van der Waals surface area contributed by atoms with Gasteiger partial charge in [-0.15, -0.1) is 15.0 Å². The SMILES string of the molecule is CCCCCCCCOC(=O)c1cc(-n2nc3ccccc3n2)c(O)c(C(C)(C)C)c1. The number of carbonyl (C=O) groups excluding carboxylic acids is 1. The first-order valence-corrected chi connectivity index (χ1v) is 11.2. The molecule has 31 heavy (non-hydrogen) atoms. The van der Waals surface area contributed by atoms with Crippen LogP contribution in [0.4, 0.5) is 0 Å². The minimum absolute atomic E-state index is 0.0697. The lowest BCUT2D eigenvalue weighted by molar-refractivity contribution is 0.0497. The van der Waals surface area contributed by atoms with Crippen LogP contribution in [-0.4, -0.2) is 32.7 Å². The van der Waals surface area contributed by atoms with Gasteiger partial charge in [0.05, 0.1) is 12.2 Å². The third kappa shape index (κ3) is 5.63. The minimum atomic E-state index is -0.392. The largest absolute Gasteiger partial charge is 0.505 e. The first kappa shape index (κ1) is 22.8. The van der Waals surface area contributed by atoms with Gasteiger partial charge in [0, 0.05) is 5.56 Å². The molecule has 0 spiro atoms. The third-order valence-corrected chi connectivity index (χ3v) is 5.37. The van der Waals surface area contributed by atoms with Crippen molar-refractivity contribution in [1.82, 2.24) is 15.0 Å². The first-order chi connectivity index (χ1) is 14.8. The molecule has 1 heterocycles. The number of aromatic hydroxyl groups is 1. The number of rotatable bonds is 9. The number of fused-ring (bicyclic) bond motifs is 1. The van der Waals surface area contributed by atoms with Crippen LogP contribution in [0.25, 0.3) is 16.7 Å². The quantitative estimate of drug-likeness (QED) is 0.340. The highest BCUT2D eigenvalue weighted by Gasteiger charge is 2.25. The molecule has 0 fully saturated rings. The summed E-state index contributed by atoms with van der Waals surface area (Å²) < 4.78 is 5.52. The lowest BCUT2D eigenvalue weighted by Crippen LogP contribution is -2.16. The Morgan fingerprint density at radius 1 is 1.00 bits per heavy atom. The first-order valence-electron chi connectivity index (χ1n) is 11.2. The van der Waals surface area contributed by atoms with Gasteiger partial charge < -0.3 is 9.84 Å². The number of phenols is 1. The maximum Gasteiger partial charge on any atom is 0.338 e. The molecule has 0 saturated heterocycles. The average Bonchev–Trinajstić information content (AvgIpc) is 3.16. The molecular weight excluding hydrogens is 390 g/mol. The predicted molar refractivity (Wildman–Crippen MR) is 123 cm³/mol. The van der Waals surface area contributed by atoms with Gasteiger partial charge in [0.15, 0.2) is 0 Å². The zero-order valence-corrected chi connectivity index (χ0v) is 19.0. The van der Waals surface area contributed by atoms with Gasteiger partial charge >= 0.3 is 5.97 Å². The molecule has 0 aliphatic rings. The van der Waals surface area contributed by atoms with Gasteiger partial charge in [0.25, 0.3) is 0 Å². The summed E-state index contributed by atoms with van der Waals surface area (Å²) in [5.41, 5.74) is 2.48. The number of hydrogen-bond donors (Lipinski definition) is 1. The highest BCUT2D eigenvalue weighted by molar-refractivity contribution is 5.91. The standard InChI is InChI=1S/C25H33N3O3/c1-5-6-7-8-9-12-15-31-24(30)18-16-19(25(2,3)4)23(29)22(17-18)28-26-20-13-10-11-14-21(20)27-28/h10-11,13-14,16-17,29H,5-9,12,15H2,1-4H3. The molecule has 0 atom stereocenters. The van der Waals surface area contributed by atoms with E-state index in [-0.39, 0.29) is 11.2 Å². The molecule has 166 valence electrons. The van der Waals surface area contributed by atoms with Crippen LogP contribution in [0, 0.1) is 0 Å². The number of ether oxygens (including phenoxy) is 1. The second-order valence-electron chi connectivity index (χ2n) is 9.02. The number of nitrogens with zero attached hydrogens (tertiary/aromatic N) is 3. The zero-order chi connectivity index (χ0) is 22.4. The average molecular weight is 424 g/mol. The van der Waals surface area contributed by atoms with Gasteiger partial charge in [-0.1, -0.05) is 71.9 Å². The Morgan fingerprint density at radius 3 is 2.23 bits per heavy atom. The van der Waals surface area contributed by atoms with E-state index in [0.29, 0.717) is 23.4 Å². The molecule has 0 aliphatic heterocycles. The Hall–Kier alpha value is -2.89. The molecule has 0 aliphatic carbocycles. The Balaban J connectivity index is 1.83. The summed E-state index contributed by atoms with van der Waals surface area (Å²) in [5, 5.41) is 19.9. The van der Waals surface area contributed by atoms with Crippen LogP contribution < -0.4 is 0 Å². The van der Waals surface area contributed by atoms with Crippen LogP contribution in [0.5, 0.6) is 5.75 Å². The molecule has 6 heteroatoms. The van der Waals surface area contributed by atoms with E-state index < -0.39 is 5.97 Å². The summed E-state index contributed by atoms with van der Waals surface area (Å²) in [7, 11) is 0. The fraction of sp³-hybridized carbons (Fsp3) is 0.480. The fourth-order valence-corrected chi connectivity index (χ4v) is 3.56. The van der Waals surface area contributed by atoms with Gasteiger partial charge in [-0.2, -0.15) is 0 Å². The van der Waals surface area contributed by atoms with Gasteiger partial charge in [-0.25, -0.2) is 4.79 Å². The van der Waals surface area contributed by atoms with Gasteiger partial charge in [-0.3, -0.25) is 0 Å². The van der Waals surface area contributed by atoms with Gasteiger partial charge in [0.2, 0.25) is 0 Å². The molecule has 0 amide bonds. The zero-order valence-electron chi connectivity index (χ0n) is 19.0. The summed E-state index contributed by atoms with van der Waals surface area (Å²) in [4.78, 5) is 14.2. The molecule has 0 saturated carbocycles. The van der Waals surface area contributed by atoms with Crippen molar-refractivity contribution in [1.29, 1.82) is 0 Å². The van der Waals surface area contributed by atoms with Crippen LogP contribution >= 0.6 is 0 Å². The minimum Gasteiger partial charge on any atom is -0.505 e. The monoisotopic (exact) mass is 423 g/mol. The van der Waals surface area contributed by atoms with E-state index >= 15 is 0 Å². The molecular formula is C25H33N3O3. The smallest absolute Gasteiger partial charge is 0.338 e. The number of hydrogen-bond acceptors (Lipinski definition) is 5. The molecule has 0 bridgehead atoms. The van der Waals surface area contributed by atoms with Crippen LogP contribution in [0.1, 0.15) is 82.1 Å². The second kappa shape index (κ2) is 9.94. The summed E-state index contributed by atoms with van der Waals surface area (Å²) in [6.07, 6.45) is 6.79. The maximum atomic E-state index is 12.8. The van der Waals surface area contributed by atoms with Crippen molar-refractivity contribution in [3.05, 3.63) is 47.5 Å². The Kier molecular flexibility index (Phi) is 7.31. The van der Waals surface area contributed by atoms with E-state index in [1.807, 2.05) is 45.0 Å². The van der Waals surface area contributed by atoms with Crippen LogP contribution in [0.15, 0.2) is 36.4 Å². The Morgan fingerprint density at radius 2 is 1.61 bits per heavy atom. The predicted octanol–water partition coefficient (Wildman–Crippen LogP) is 5.94. The molecule has 2 aromatic carbocycles. The molecule has 0 radical (unpaired) electrons. The van der Waals surface area contributed by atoms with E-state index in [9.17, 15) is 9.90 Å². The van der Waals surface area contributed by atoms with Crippen molar-refractivity contribution < 1.29 is 14.6 Å². The van der Waals surface area contributed by atoms with Crippen molar-refractivity contribution >= 4 is 17.0 Å². The Labute approximate surface area is 184 Å². The van der Waals surface area contributed by atoms with Crippen molar-refractivity contribution in [3.63, 3.8) is 0 Å². The summed E-state index contributed by atoms with van der Waals surface area (Å²) in [5.74, 6) is -0.322. The van der Waals surface area contributed by atoms with Crippen molar-refractivity contribution in [2.24, 2.45) is 0 Å². The number of carbonyl (C=O) groups is 1. The van der Waals surface area contributed by atoms with Gasteiger partial charge in [0.1, 0.15) is 22.5 Å². The fourth-order valence-electron chi connectivity index (χ4n) is 3.56. The molecule has 1 aromatic heterocycles. The van der Waals surface area contributed by atoms with E-state index in [1.165, 1.54) is 30.5 Å². The highest BCUT2D eigenvalue weighted by Crippen LogP contribution is 2.36. The number of esters is 1. The van der Waals surface area contributed by atoms with Crippen LogP contribution in [0.2, 0.25) is 0 Å². The number of aromatic nitrogens is 3. The Bertz CT molecular complexity index is 1000. The lowest BCUT2D eigenvalue weighted by Gasteiger charge is -2.22. The molecule has 3 aromatic rings. The second-order valence-corrected chi connectivity index (χ2v) is 9.02. The van der Waals surface area contributed by atoms with E-state index in [1.54, 1.807) is 12.1 Å². The van der Waals surface area contributed by atoms with Gasteiger partial charge in [-0.05, 0) is 36.1 Å². The van der Waals surface area contributed by atoms with Crippen molar-refractivity contribution in [2.75, 3.05) is 6.61 Å². The molecule has 6 nitrogen and oxygen atoms in total. The van der Waals surface area contributed by atoms with E-state index in [2.05, 4.69) is 17.1 Å². The highest BCUT2D eigenvalue weighted by atomic mass is 16.5. The summed E-state index contributed by atoms with van der Waals surface area (Å²) >= 11 is 0. The van der Waals surface area contributed by atoms with E-state index in [4.69, 9.17) is 4.74 Å². The maximum absolute atomic E-state index is 12.8. The van der Waals surface area contributed by atoms with Crippen molar-refractivity contribution in [3.8, 4) is 11.4 Å². The number of benzene rings is 2. The molecule has 3 rings (SSSR count). The van der Waals surface area contributed by atoms with E-state index in [0.717, 1.165) is 23.9 Å². The summed E-state index contributed by atoms with van der Waals surface area (Å²) in [6, 6.07) is 10.8. The van der Waals surface area contributed by atoms with Crippen molar-refractivity contribution in [2.45, 2.75) is 71.6 Å². The van der Waals surface area contributed by atoms with Crippen LogP contribution in [-0.2, 0) is 10.2 Å². The third-order valence-electron chi connectivity index (χ3n) is 5.37.